The van der Waals surface area contributed by atoms with Crippen LogP contribution in [0.2, 0.25) is 0 Å². The number of aliphatic hydroxyl groups is 1. The number of rotatable bonds is 10. The number of aromatic hydroxyl groups is 1. The molecule has 1 heterocycles. The molecule has 0 aliphatic carbocycles. The number of nitrogens with one attached hydrogen (secondary N) is 3. The Balaban J connectivity index is 1.71. The van der Waals surface area contributed by atoms with Gasteiger partial charge in [-0.3, -0.25) is 5.43 Å². The lowest BCUT2D eigenvalue weighted by atomic mass is 9.95. The van der Waals surface area contributed by atoms with E-state index in [9.17, 15) is 19.8 Å². The minimum atomic E-state index is -1.12. The van der Waals surface area contributed by atoms with E-state index in [1.54, 1.807) is 37.3 Å². The van der Waals surface area contributed by atoms with Crippen LogP contribution in [-0.2, 0) is 9.53 Å². The van der Waals surface area contributed by atoms with Crippen LogP contribution in [0.1, 0.15) is 31.0 Å². The number of urea groups is 1. The van der Waals surface area contributed by atoms with Gasteiger partial charge < -0.3 is 35.1 Å². The molecule has 0 saturated heterocycles. The molecule has 0 bridgehead atoms. The highest BCUT2D eigenvalue weighted by Crippen LogP contribution is 2.35. The van der Waals surface area contributed by atoms with Gasteiger partial charge in [-0.15, -0.1) is 0 Å². The quantitative estimate of drug-likeness (QED) is 0.0822. The molecule has 2 aromatic rings. The van der Waals surface area contributed by atoms with Crippen molar-refractivity contribution < 1.29 is 34.0 Å². The van der Waals surface area contributed by atoms with Gasteiger partial charge in [0.2, 0.25) is 0 Å². The van der Waals surface area contributed by atoms with Crippen LogP contribution in [-0.4, -0.2) is 55.0 Å². The predicted octanol–water partition coefficient (Wildman–Crippen LogP) is 3.12. The Labute approximate surface area is 240 Å². The number of phenols is 1. The van der Waals surface area contributed by atoms with Gasteiger partial charge in [-0.1, -0.05) is 6.07 Å². The first kappa shape index (κ1) is 28.8. The minimum absolute atomic E-state index is 0.141. The number of ether oxygens (including phenoxy) is 3. The average molecular weight is 736 g/mol. The highest BCUT2D eigenvalue weighted by atomic mass is 127. The molecule has 1 aliphatic heterocycles. The largest absolute Gasteiger partial charge is 0.506 e. The number of hydrazone groups is 1. The smallest absolute Gasteiger partial charge is 0.337 e. The molecule has 0 radical (unpaired) electrons. The maximum Gasteiger partial charge on any atom is 0.337 e. The number of amides is 2. The molecule has 2 aromatic carbocycles. The average Bonchev–Trinajstić information content (AvgIpc) is 2.85. The summed E-state index contributed by atoms with van der Waals surface area (Å²) in [5.74, 6) is 0.378. The van der Waals surface area contributed by atoms with Crippen LogP contribution < -0.4 is 25.5 Å². The molecule has 0 saturated carbocycles. The van der Waals surface area contributed by atoms with Crippen LogP contribution in [0, 0.1) is 7.14 Å². The molecule has 0 spiro atoms. The van der Waals surface area contributed by atoms with Crippen molar-refractivity contribution in [2.75, 3.05) is 20.3 Å². The molecule has 0 fully saturated rings. The van der Waals surface area contributed by atoms with Gasteiger partial charge in [-0.05, 0) is 94.4 Å². The fourth-order valence-electron chi connectivity index (χ4n) is 3.48. The van der Waals surface area contributed by atoms with Gasteiger partial charge in [-0.25, -0.2) is 9.59 Å². The Kier molecular flexibility index (Phi) is 10.2. The Hall–Kier alpha value is -2.79. The van der Waals surface area contributed by atoms with Gasteiger partial charge in [0.05, 0.1) is 38.7 Å². The summed E-state index contributed by atoms with van der Waals surface area (Å²) in [5, 5.41) is 29.5. The summed E-state index contributed by atoms with van der Waals surface area (Å²) in [6.07, 6.45) is 0.399. The zero-order valence-electron chi connectivity index (χ0n) is 20.2. The van der Waals surface area contributed by atoms with Crippen LogP contribution >= 0.6 is 45.2 Å². The van der Waals surface area contributed by atoms with E-state index in [4.69, 9.17) is 14.2 Å². The summed E-state index contributed by atoms with van der Waals surface area (Å²) in [7, 11) is 1.27. The number of hydrogen-bond donors (Lipinski definition) is 5. The standard InChI is InChI=1S/C24H26I2N4O7/c1-4-36-18-9-14(21-20(23(33)35-3)12(2)28-24(34)29-21)5-6-17(18)37-11-19(31)30-27-10-13-7-15(25)22(32)16(26)8-13/h5-10,19,21,30-32H,4,11H2,1-3H3,(H2,28,29,34)/b27-10-/t19-,21-/m0/s1. The summed E-state index contributed by atoms with van der Waals surface area (Å²) >= 11 is 4.05. The third-order valence-electron chi connectivity index (χ3n) is 5.15. The maximum absolute atomic E-state index is 12.4. The molecule has 5 N–H and O–H groups in total. The summed E-state index contributed by atoms with van der Waals surface area (Å²) in [6, 6.07) is 7.31. The molecule has 3 rings (SSSR count). The van der Waals surface area contributed by atoms with E-state index < -0.39 is 24.3 Å². The first-order valence-corrected chi connectivity index (χ1v) is 13.2. The second kappa shape index (κ2) is 13.1. The number of carbonyl (C=O) groups excluding carboxylic acids is 2. The zero-order chi connectivity index (χ0) is 27.1. The molecule has 0 unspecified atom stereocenters. The molecule has 2 atom stereocenters. The summed E-state index contributed by atoms with van der Waals surface area (Å²) in [5.41, 5.74) is 4.59. The van der Waals surface area contributed by atoms with Crippen molar-refractivity contribution in [3.05, 3.63) is 59.9 Å². The second-order valence-corrected chi connectivity index (χ2v) is 10.1. The molecule has 0 aromatic heterocycles. The predicted molar refractivity (Wildman–Crippen MR) is 153 cm³/mol. The summed E-state index contributed by atoms with van der Waals surface area (Å²) < 4.78 is 17.7. The van der Waals surface area contributed by atoms with E-state index in [2.05, 4.69) is 21.2 Å². The van der Waals surface area contributed by atoms with Gasteiger partial charge in [-0.2, -0.15) is 5.10 Å². The Morgan fingerprint density at radius 3 is 2.57 bits per heavy atom. The lowest BCUT2D eigenvalue weighted by Gasteiger charge is -2.28. The zero-order valence-corrected chi connectivity index (χ0v) is 24.5. The number of methoxy groups -OCH3 is 1. The fraction of sp³-hybridized carbons (Fsp3) is 0.292. The van der Waals surface area contributed by atoms with Crippen LogP contribution in [0.25, 0.3) is 0 Å². The van der Waals surface area contributed by atoms with Crippen LogP contribution in [0.5, 0.6) is 17.2 Å². The van der Waals surface area contributed by atoms with Crippen molar-refractivity contribution >= 4 is 63.4 Å². The number of esters is 1. The van der Waals surface area contributed by atoms with Crippen LogP contribution in [0.4, 0.5) is 4.79 Å². The highest BCUT2D eigenvalue weighted by molar-refractivity contribution is 14.1. The third-order valence-corrected chi connectivity index (χ3v) is 6.79. The van der Waals surface area contributed by atoms with Gasteiger partial charge in [0.15, 0.2) is 17.7 Å². The third kappa shape index (κ3) is 7.38. The van der Waals surface area contributed by atoms with E-state index in [1.807, 2.05) is 52.1 Å². The molecular weight excluding hydrogens is 710 g/mol. The minimum Gasteiger partial charge on any atom is -0.506 e. The van der Waals surface area contributed by atoms with E-state index in [0.717, 1.165) is 5.56 Å². The fourth-order valence-corrected chi connectivity index (χ4v) is 5.30. The second-order valence-electron chi connectivity index (χ2n) is 7.75. The number of aliphatic hydroxyl groups excluding tert-OH is 1. The van der Waals surface area contributed by atoms with Crippen molar-refractivity contribution in [2.45, 2.75) is 26.1 Å². The number of allylic oxidation sites excluding steroid dienone is 1. The highest BCUT2D eigenvalue weighted by Gasteiger charge is 2.32. The molecular formula is C24H26I2N4O7. The number of halogens is 2. The van der Waals surface area contributed by atoms with E-state index in [0.29, 0.717) is 36.5 Å². The van der Waals surface area contributed by atoms with Gasteiger partial charge >= 0.3 is 12.0 Å². The Morgan fingerprint density at radius 1 is 1.22 bits per heavy atom. The first-order chi connectivity index (χ1) is 17.6. The topological polar surface area (TPSA) is 151 Å². The van der Waals surface area contributed by atoms with Gasteiger partial charge in [0.25, 0.3) is 0 Å². The lowest BCUT2D eigenvalue weighted by Crippen LogP contribution is -2.45. The lowest BCUT2D eigenvalue weighted by molar-refractivity contribution is -0.136. The number of benzene rings is 2. The van der Waals surface area contributed by atoms with Crippen molar-refractivity contribution in [2.24, 2.45) is 5.10 Å². The molecule has 13 heteroatoms. The van der Waals surface area contributed by atoms with Gasteiger partial charge in [0.1, 0.15) is 12.4 Å². The molecule has 1 aliphatic rings. The normalized spacial score (nSPS) is 16.2. The van der Waals surface area contributed by atoms with Crippen molar-refractivity contribution in [1.29, 1.82) is 0 Å². The number of phenolic OH excluding ortho intramolecular Hbond substituents is 1. The SMILES string of the molecule is CCOc1cc([C@@H]2NC(=O)NC(C)=C2C(=O)OC)ccc1OC[C@H](O)N/N=C\c1cc(I)c(O)c(I)c1. The molecule has 37 heavy (non-hydrogen) atoms. The van der Waals surface area contributed by atoms with E-state index in [-0.39, 0.29) is 17.9 Å². The van der Waals surface area contributed by atoms with Crippen LogP contribution in [0.15, 0.2) is 46.7 Å². The molecule has 198 valence electrons. The maximum atomic E-state index is 12.4. The van der Waals surface area contributed by atoms with Crippen molar-refractivity contribution in [3.63, 3.8) is 0 Å². The van der Waals surface area contributed by atoms with Crippen LogP contribution in [0.3, 0.4) is 0 Å². The Bertz CT molecular complexity index is 1210. The van der Waals surface area contributed by atoms with E-state index >= 15 is 0 Å². The Morgan fingerprint density at radius 2 is 1.92 bits per heavy atom. The van der Waals surface area contributed by atoms with E-state index in [1.165, 1.54) is 13.3 Å². The summed E-state index contributed by atoms with van der Waals surface area (Å²) in [4.78, 5) is 24.4. The number of carbonyl (C=O) groups is 2. The van der Waals surface area contributed by atoms with Crippen molar-refractivity contribution in [1.82, 2.24) is 16.1 Å². The van der Waals surface area contributed by atoms with Gasteiger partial charge in [0, 0.05) is 5.70 Å². The monoisotopic (exact) mass is 736 g/mol. The molecule has 11 nitrogen and oxygen atoms in total. The number of hydrogen-bond acceptors (Lipinski definition) is 9. The molecule has 2 amide bonds. The van der Waals surface area contributed by atoms with Crippen molar-refractivity contribution in [3.8, 4) is 17.2 Å². The summed E-state index contributed by atoms with van der Waals surface area (Å²) in [6.45, 7) is 3.63. The number of nitrogens with zero attached hydrogens (tertiary/aromatic N) is 1. The first-order valence-electron chi connectivity index (χ1n) is 11.0.